The van der Waals surface area contributed by atoms with Crippen LogP contribution in [0.1, 0.15) is 24.8 Å². The lowest BCUT2D eigenvalue weighted by molar-refractivity contribution is -0.145. The van der Waals surface area contributed by atoms with Crippen LogP contribution in [0.3, 0.4) is 0 Å². The molecule has 1 aromatic rings. The summed E-state index contributed by atoms with van der Waals surface area (Å²) in [5.41, 5.74) is 0.909. The lowest BCUT2D eigenvalue weighted by Gasteiger charge is -2.29. The third-order valence-electron chi connectivity index (χ3n) is 3.04. The van der Waals surface area contributed by atoms with Crippen LogP contribution in [0.15, 0.2) is 36.9 Å². The molecule has 2 atom stereocenters. The Morgan fingerprint density at radius 1 is 1.47 bits per heavy atom. The molecule has 2 rings (SSSR count). The summed E-state index contributed by atoms with van der Waals surface area (Å²) >= 11 is 0. The Bertz CT molecular complexity index is 476. The molecule has 1 aliphatic rings. The fourth-order valence-corrected chi connectivity index (χ4v) is 2.29. The van der Waals surface area contributed by atoms with Crippen molar-refractivity contribution in [1.29, 1.82) is 0 Å². The van der Waals surface area contributed by atoms with Gasteiger partial charge in [0.2, 0.25) is 0 Å². The maximum absolute atomic E-state index is 11.8. The first-order valence-corrected chi connectivity index (χ1v) is 5.57. The van der Waals surface area contributed by atoms with Crippen molar-refractivity contribution in [2.45, 2.75) is 19.3 Å². The van der Waals surface area contributed by atoms with Crippen LogP contribution in [0.2, 0.25) is 0 Å². The molecule has 2 unspecified atom stereocenters. The van der Waals surface area contributed by atoms with Crippen molar-refractivity contribution < 1.29 is 14.3 Å². The van der Waals surface area contributed by atoms with Crippen LogP contribution in [-0.4, -0.2) is 11.8 Å². The van der Waals surface area contributed by atoms with E-state index in [4.69, 9.17) is 4.74 Å². The van der Waals surface area contributed by atoms with Crippen LogP contribution in [0.25, 0.3) is 0 Å². The van der Waals surface area contributed by atoms with Crippen LogP contribution in [0.5, 0.6) is 5.75 Å². The number of carbonyl (C=O) groups is 2. The van der Waals surface area contributed by atoms with Crippen LogP contribution >= 0.6 is 0 Å². The van der Waals surface area contributed by atoms with Crippen molar-refractivity contribution in [3.05, 3.63) is 42.5 Å². The van der Waals surface area contributed by atoms with E-state index in [1.807, 2.05) is 18.2 Å². The van der Waals surface area contributed by atoms with E-state index in [2.05, 4.69) is 6.58 Å². The quantitative estimate of drug-likeness (QED) is 0.347. The molecule has 3 heteroatoms. The van der Waals surface area contributed by atoms with Gasteiger partial charge < -0.3 is 4.74 Å². The zero-order valence-corrected chi connectivity index (χ0v) is 9.68. The molecule has 0 fully saturated rings. The van der Waals surface area contributed by atoms with Gasteiger partial charge in [-0.1, -0.05) is 24.3 Å². The maximum atomic E-state index is 11.8. The summed E-state index contributed by atoms with van der Waals surface area (Å²) in [7, 11) is 0. The van der Waals surface area contributed by atoms with Gasteiger partial charge in [-0.25, -0.2) is 0 Å². The van der Waals surface area contributed by atoms with Crippen molar-refractivity contribution in [2.24, 2.45) is 5.92 Å². The van der Waals surface area contributed by atoms with Gasteiger partial charge in [0.15, 0.2) is 0 Å². The van der Waals surface area contributed by atoms with Gasteiger partial charge >= 0.3 is 5.97 Å². The van der Waals surface area contributed by atoms with Crippen LogP contribution in [-0.2, 0) is 9.59 Å². The second-order valence-electron chi connectivity index (χ2n) is 4.18. The summed E-state index contributed by atoms with van der Waals surface area (Å²) in [5.74, 6) is -0.911. The summed E-state index contributed by atoms with van der Waals surface area (Å²) in [6.07, 6.45) is 2.33. The number of Topliss-reactive ketones (excluding diaryl/α,β-unsaturated/α-hetero) is 1. The number of fused-ring (bicyclic) bond motifs is 1. The number of hydrogen-bond acceptors (Lipinski definition) is 3. The van der Waals surface area contributed by atoms with Gasteiger partial charge in [-0.2, -0.15) is 0 Å². The lowest BCUT2D eigenvalue weighted by Crippen LogP contribution is -2.36. The Labute approximate surface area is 100 Å². The van der Waals surface area contributed by atoms with Crippen molar-refractivity contribution in [1.82, 2.24) is 0 Å². The Balaban J connectivity index is 2.49. The number of ketones is 1. The smallest absolute Gasteiger partial charge is 0.322 e. The van der Waals surface area contributed by atoms with E-state index in [0.29, 0.717) is 12.2 Å². The summed E-state index contributed by atoms with van der Waals surface area (Å²) in [5, 5.41) is 0. The van der Waals surface area contributed by atoms with E-state index in [-0.39, 0.29) is 11.7 Å². The van der Waals surface area contributed by atoms with E-state index >= 15 is 0 Å². The van der Waals surface area contributed by atoms with Gasteiger partial charge in [0.05, 0.1) is 0 Å². The molecule has 1 aliphatic heterocycles. The third kappa shape index (κ3) is 2.00. The topological polar surface area (TPSA) is 43.4 Å². The number of hydrogen-bond donors (Lipinski definition) is 0. The maximum Gasteiger partial charge on any atom is 0.322 e. The average molecular weight is 230 g/mol. The lowest BCUT2D eigenvalue weighted by atomic mass is 9.79. The fourth-order valence-electron chi connectivity index (χ4n) is 2.29. The van der Waals surface area contributed by atoms with E-state index < -0.39 is 11.9 Å². The number of esters is 1. The Morgan fingerprint density at radius 3 is 2.82 bits per heavy atom. The van der Waals surface area contributed by atoms with E-state index in [0.717, 1.165) is 5.56 Å². The minimum absolute atomic E-state index is 0.151. The number of ether oxygens (including phenoxy) is 1. The molecule has 0 N–H and O–H groups in total. The molecule has 0 radical (unpaired) electrons. The SMILES string of the molecule is C=CCC1c2ccccc2OC(=O)C1C(C)=O. The molecule has 0 spiro atoms. The predicted octanol–water partition coefficient (Wildman–Crippen LogP) is 2.47. The molecule has 0 saturated carbocycles. The van der Waals surface area contributed by atoms with E-state index in [1.54, 1.807) is 12.1 Å². The highest BCUT2D eigenvalue weighted by Gasteiger charge is 2.39. The monoisotopic (exact) mass is 230 g/mol. The number of allylic oxidation sites excluding steroid dienone is 1. The highest BCUT2D eigenvalue weighted by Crippen LogP contribution is 2.40. The number of benzene rings is 1. The fraction of sp³-hybridized carbons (Fsp3) is 0.286. The summed E-state index contributed by atoms with van der Waals surface area (Å²) in [6, 6.07) is 7.34. The number of rotatable bonds is 3. The largest absolute Gasteiger partial charge is 0.426 e. The molecule has 0 saturated heterocycles. The molecular formula is C14H14O3. The predicted molar refractivity (Wildman–Crippen MR) is 63.8 cm³/mol. The Hall–Kier alpha value is -1.90. The zero-order chi connectivity index (χ0) is 12.4. The number of para-hydroxylation sites is 1. The Morgan fingerprint density at radius 2 is 2.18 bits per heavy atom. The van der Waals surface area contributed by atoms with Gasteiger partial charge in [-0.3, -0.25) is 9.59 Å². The second kappa shape index (κ2) is 4.53. The van der Waals surface area contributed by atoms with Crippen LogP contribution in [0, 0.1) is 5.92 Å². The van der Waals surface area contributed by atoms with Gasteiger partial charge in [-0.05, 0) is 25.0 Å². The summed E-state index contributed by atoms with van der Waals surface area (Å²) in [4.78, 5) is 23.4. The highest BCUT2D eigenvalue weighted by atomic mass is 16.5. The first-order chi connectivity index (χ1) is 8.15. The van der Waals surface area contributed by atoms with Crippen LogP contribution < -0.4 is 4.74 Å². The van der Waals surface area contributed by atoms with Crippen molar-refractivity contribution in [3.8, 4) is 5.75 Å². The molecule has 0 bridgehead atoms. The van der Waals surface area contributed by atoms with Gasteiger partial charge in [-0.15, -0.1) is 6.58 Å². The molecule has 88 valence electrons. The minimum Gasteiger partial charge on any atom is -0.426 e. The first kappa shape index (κ1) is 11.6. The van der Waals surface area contributed by atoms with Gasteiger partial charge in [0, 0.05) is 5.92 Å². The van der Waals surface area contributed by atoms with E-state index in [1.165, 1.54) is 6.92 Å². The van der Waals surface area contributed by atoms with Gasteiger partial charge in [0.25, 0.3) is 0 Å². The highest BCUT2D eigenvalue weighted by molar-refractivity contribution is 6.00. The molecule has 3 nitrogen and oxygen atoms in total. The van der Waals surface area contributed by atoms with Gasteiger partial charge in [0.1, 0.15) is 17.5 Å². The third-order valence-corrected chi connectivity index (χ3v) is 3.04. The van der Waals surface area contributed by atoms with E-state index in [9.17, 15) is 9.59 Å². The average Bonchev–Trinajstić information content (AvgIpc) is 2.28. The number of carbonyl (C=O) groups excluding carboxylic acids is 2. The first-order valence-electron chi connectivity index (χ1n) is 5.57. The molecular weight excluding hydrogens is 216 g/mol. The normalized spacial score (nSPS) is 22.5. The minimum atomic E-state index is -0.706. The second-order valence-corrected chi connectivity index (χ2v) is 4.18. The molecule has 0 aromatic heterocycles. The van der Waals surface area contributed by atoms with Crippen molar-refractivity contribution in [2.75, 3.05) is 0 Å². The molecule has 1 aromatic carbocycles. The zero-order valence-electron chi connectivity index (χ0n) is 9.68. The summed E-state index contributed by atoms with van der Waals surface area (Å²) in [6.45, 7) is 5.11. The molecule has 1 heterocycles. The standard InChI is InChI=1S/C14H14O3/c1-3-6-11-10-7-4-5-8-12(10)17-14(16)13(11)9(2)15/h3-5,7-8,11,13H,1,6H2,2H3. The molecule has 17 heavy (non-hydrogen) atoms. The summed E-state index contributed by atoms with van der Waals surface area (Å²) < 4.78 is 5.19. The Kier molecular flexibility index (Phi) is 3.09. The van der Waals surface area contributed by atoms with Crippen molar-refractivity contribution >= 4 is 11.8 Å². The van der Waals surface area contributed by atoms with Crippen molar-refractivity contribution in [3.63, 3.8) is 0 Å². The molecule has 0 amide bonds. The molecule has 0 aliphatic carbocycles. The van der Waals surface area contributed by atoms with Crippen LogP contribution in [0.4, 0.5) is 0 Å².